The Morgan fingerprint density at radius 2 is 1.71 bits per heavy atom. The van der Waals surface area contributed by atoms with Gasteiger partial charge in [0.2, 0.25) is 0 Å². The molecular weight excluding hydrogens is 290 g/mol. The first-order valence-electron chi connectivity index (χ1n) is 8.86. The largest absolute Gasteiger partial charge is 0.256 e. The van der Waals surface area contributed by atoms with Crippen LogP contribution >= 0.6 is 0 Å². The number of nitrogens with zero attached hydrogens (tertiary/aromatic N) is 1. The van der Waals surface area contributed by atoms with E-state index in [0.717, 1.165) is 37.8 Å². The van der Waals surface area contributed by atoms with Crippen molar-refractivity contribution < 1.29 is 0 Å². The van der Waals surface area contributed by atoms with E-state index >= 15 is 0 Å². The van der Waals surface area contributed by atoms with E-state index in [2.05, 4.69) is 72.6 Å². The molecule has 0 aliphatic carbocycles. The fraction of sp³-hybridized carbons (Fsp3) is 0.261. The maximum absolute atomic E-state index is 4.60. The Hall–Kier alpha value is -2.41. The Bertz CT molecular complexity index is 748. The van der Waals surface area contributed by atoms with Gasteiger partial charge in [0.15, 0.2) is 0 Å². The van der Waals surface area contributed by atoms with Crippen molar-refractivity contribution in [3.8, 4) is 11.3 Å². The summed E-state index contributed by atoms with van der Waals surface area (Å²) in [5, 5.41) is 0. The topological polar surface area (TPSA) is 12.9 Å². The van der Waals surface area contributed by atoms with Gasteiger partial charge < -0.3 is 0 Å². The van der Waals surface area contributed by atoms with E-state index in [1.165, 1.54) is 22.3 Å². The second-order valence-electron chi connectivity index (χ2n) is 6.16. The van der Waals surface area contributed by atoms with Crippen LogP contribution in [-0.2, 0) is 19.3 Å². The molecule has 0 bridgehead atoms. The van der Waals surface area contributed by atoms with Crippen molar-refractivity contribution >= 4 is 0 Å². The Morgan fingerprint density at radius 3 is 2.46 bits per heavy atom. The molecule has 24 heavy (non-hydrogen) atoms. The van der Waals surface area contributed by atoms with Crippen LogP contribution in [0.25, 0.3) is 11.3 Å². The summed E-state index contributed by atoms with van der Waals surface area (Å²) in [7, 11) is 0. The fourth-order valence-corrected chi connectivity index (χ4v) is 3.21. The van der Waals surface area contributed by atoms with Crippen molar-refractivity contribution in [3.63, 3.8) is 0 Å². The van der Waals surface area contributed by atoms with Gasteiger partial charge in [0.1, 0.15) is 0 Å². The van der Waals surface area contributed by atoms with Crippen LogP contribution in [0.4, 0.5) is 0 Å². The van der Waals surface area contributed by atoms with Crippen LogP contribution in [0.2, 0.25) is 0 Å². The van der Waals surface area contributed by atoms with Gasteiger partial charge in [-0.3, -0.25) is 4.98 Å². The van der Waals surface area contributed by atoms with E-state index < -0.39 is 0 Å². The van der Waals surface area contributed by atoms with Crippen LogP contribution in [0, 0.1) is 6.07 Å². The van der Waals surface area contributed by atoms with Crippen molar-refractivity contribution in [2.45, 2.75) is 39.0 Å². The molecular formula is C23H24N. The first kappa shape index (κ1) is 16.4. The van der Waals surface area contributed by atoms with E-state index in [1.54, 1.807) is 0 Å². The van der Waals surface area contributed by atoms with Crippen molar-refractivity contribution in [1.29, 1.82) is 0 Å². The summed E-state index contributed by atoms with van der Waals surface area (Å²) in [4.78, 5) is 4.60. The molecule has 0 aliphatic heterocycles. The molecule has 2 aromatic carbocycles. The maximum Gasteiger partial charge on any atom is 0.0707 e. The van der Waals surface area contributed by atoms with Gasteiger partial charge >= 0.3 is 0 Å². The first-order chi connectivity index (χ1) is 11.9. The lowest BCUT2D eigenvalue weighted by Crippen LogP contribution is -1.99. The van der Waals surface area contributed by atoms with Gasteiger partial charge in [0.25, 0.3) is 0 Å². The van der Waals surface area contributed by atoms with E-state index in [1.807, 2.05) is 12.3 Å². The van der Waals surface area contributed by atoms with Gasteiger partial charge in [0.05, 0.1) is 5.69 Å². The van der Waals surface area contributed by atoms with E-state index in [4.69, 9.17) is 0 Å². The predicted molar refractivity (Wildman–Crippen MR) is 101 cm³/mol. The van der Waals surface area contributed by atoms with Gasteiger partial charge in [0, 0.05) is 11.8 Å². The van der Waals surface area contributed by atoms with Crippen LogP contribution in [0.15, 0.2) is 66.9 Å². The lowest BCUT2D eigenvalue weighted by Gasteiger charge is -2.14. The second kappa shape index (κ2) is 8.44. The van der Waals surface area contributed by atoms with Gasteiger partial charge in [-0.25, -0.2) is 0 Å². The molecule has 1 heteroatoms. The van der Waals surface area contributed by atoms with E-state index in [9.17, 15) is 0 Å². The molecule has 3 rings (SSSR count). The van der Waals surface area contributed by atoms with Crippen molar-refractivity contribution in [3.05, 3.63) is 89.6 Å². The normalized spacial score (nSPS) is 10.7. The number of rotatable bonds is 7. The summed E-state index contributed by atoms with van der Waals surface area (Å²) >= 11 is 0. The number of hydrogen-bond acceptors (Lipinski definition) is 1. The molecule has 0 amide bonds. The summed E-state index contributed by atoms with van der Waals surface area (Å²) < 4.78 is 0. The monoisotopic (exact) mass is 314 g/mol. The van der Waals surface area contributed by atoms with E-state index in [-0.39, 0.29) is 0 Å². The summed E-state index contributed by atoms with van der Waals surface area (Å²) in [5.74, 6) is 0. The number of benzene rings is 2. The minimum Gasteiger partial charge on any atom is -0.256 e. The molecule has 0 unspecified atom stereocenters. The molecule has 1 radical (unpaired) electrons. The molecule has 0 spiro atoms. The number of pyridine rings is 1. The summed E-state index contributed by atoms with van der Waals surface area (Å²) in [6.07, 6.45) is 7.41. The molecule has 0 fully saturated rings. The van der Waals surface area contributed by atoms with Gasteiger partial charge in [-0.2, -0.15) is 0 Å². The second-order valence-corrected chi connectivity index (χ2v) is 6.16. The lowest BCUT2D eigenvalue weighted by atomic mass is 9.92. The van der Waals surface area contributed by atoms with Gasteiger partial charge in [-0.1, -0.05) is 61.9 Å². The zero-order valence-electron chi connectivity index (χ0n) is 14.3. The molecule has 1 aromatic heterocycles. The molecule has 0 atom stereocenters. The highest BCUT2D eigenvalue weighted by atomic mass is 14.7. The predicted octanol–water partition coefficient (Wildman–Crippen LogP) is 5.68. The molecule has 0 saturated carbocycles. The molecule has 121 valence electrons. The maximum atomic E-state index is 4.60. The van der Waals surface area contributed by atoms with Crippen LogP contribution < -0.4 is 0 Å². The SMILES string of the molecule is CCCc1[c]ccc(CCCc2ccccc2)c1-c1ccccn1. The quantitative estimate of drug-likeness (QED) is 0.547. The minimum atomic E-state index is 1.05. The third-order valence-electron chi connectivity index (χ3n) is 4.34. The average molecular weight is 314 g/mol. The molecule has 0 N–H and O–H groups in total. The number of aryl methyl sites for hydroxylation is 3. The highest BCUT2D eigenvalue weighted by Gasteiger charge is 2.11. The van der Waals surface area contributed by atoms with Crippen molar-refractivity contribution in [1.82, 2.24) is 4.98 Å². The lowest BCUT2D eigenvalue weighted by molar-refractivity contribution is 0.818. The summed E-state index contributed by atoms with van der Waals surface area (Å²) in [6, 6.07) is 24.6. The molecule has 1 nitrogen and oxygen atoms in total. The smallest absolute Gasteiger partial charge is 0.0707 e. The average Bonchev–Trinajstić information content (AvgIpc) is 2.64. The van der Waals surface area contributed by atoms with Crippen LogP contribution in [0.1, 0.15) is 36.5 Å². The van der Waals surface area contributed by atoms with Crippen LogP contribution in [0.5, 0.6) is 0 Å². The first-order valence-corrected chi connectivity index (χ1v) is 8.86. The highest BCUT2D eigenvalue weighted by molar-refractivity contribution is 5.67. The molecule has 0 aliphatic rings. The highest BCUT2D eigenvalue weighted by Crippen LogP contribution is 2.28. The zero-order valence-corrected chi connectivity index (χ0v) is 14.3. The molecule has 1 heterocycles. The summed E-state index contributed by atoms with van der Waals surface area (Å²) in [5.41, 5.74) is 6.48. The van der Waals surface area contributed by atoms with Gasteiger partial charge in [-0.05, 0) is 60.6 Å². The summed E-state index contributed by atoms with van der Waals surface area (Å²) in [6.45, 7) is 2.22. The standard InChI is InChI=1S/C23H24N/c1-2-10-20-15-9-16-21(23(20)22-17-6-7-18-24-22)14-8-13-19-11-4-3-5-12-19/h3-7,9,11-12,16-18H,2,8,10,13-14H2,1H3. The van der Waals surface area contributed by atoms with Crippen LogP contribution in [0.3, 0.4) is 0 Å². The van der Waals surface area contributed by atoms with E-state index in [0.29, 0.717) is 0 Å². The Labute approximate surface area is 145 Å². The third-order valence-corrected chi connectivity index (χ3v) is 4.34. The Morgan fingerprint density at radius 1 is 0.875 bits per heavy atom. The number of aromatic nitrogens is 1. The number of hydrogen-bond donors (Lipinski definition) is 0. The van der Waals surface area contributed by atoms with Crippen molar-refractivity contribution in [2.24, 2.45) is 0 Å². The molecule has 0 saturated heterocycles. The zero-order chi connectivity index (χ0) is 16.6. The van der Waals surface area contributed by atoms with Crippen molar-refractivity contribution in [2.75, 3.05) is 0 Å². The third kappa shape index (κ3) is 4.11. The van der Waals surface area contributed by atoms with Gasteiger partial charge in [-0.15, -0.1) is 0 Å². The Balaban J connectivity index is 1.83. The minimum absolute atomic E-state index is 1.05. The van der Waals surface area contributed by atoms with Crippen LogP contribution in [-0.4, -0.2) is 4.98 Å². The molecule has 3 aromatic rings. The Kier molecular flexibility index (Phi) is 5.79. The fourth-order valence-electron chi connectivity index (χ4n) is 3.21.